The van der Waals surface area contributed by atoms with Gasteiger partial charge in [0.15, 0.2) is 0 Å². The number of piperidine rings is 1. The summed E-state index contributed by atoms with van der Waals surface area (Å²) in [6, 6.07) is 26.2. The second-order valence-electron chi connectivity index (χ2n) is 8.29. The van der Waals surface area contributed by atoms with Crippen LogP contribution in [0.15, 0.2) is 83.3 Å². The molecule has 4 aromatic rings. The number of carbonyl (C=O) groups is 1. The zero-order chi connectivity index (χ0) is 22.6. The maximum Gasteiger partial charge on any atom is 0.251 e. The van der Waals surface area contributed by atoms with Crippen LogP contribution in [-0.4, -0.2) is 36.2 Å². The monoisotopic (exact) mass is 438 g/mol. The Bertz CT molecular complexity index is 1210. The summed E-state index contributed by atoms with van der Waals surface area (Å²) in [5.41, 5.74) is 4.92. The Hall–Kier alpha value is -3.93. The maximum atomic E-state index is 11.7. The van der Waals surface area contributed by atoms with Crippen molar-refractivity contribution >= 4 is 11.6 Å². The molecular weight excluding hydrogens is 412 g/mol. The SMILES string of the molecule is CNC(=O)c1ccc(-c2nnc(-c3ccc(N4CCC(c5ccccc5)CC4)cc3)o2)cc1. The van der Waals surface area contributed by atoms with E-state index >= 15 is 0 Å². The molecule has 0 saturated carbocycles. The fraction of sp³-hybridized carbons (Fsp3) is 0.222. The Balaban J connectivity index is 1.24. The van der Waals surface area contributed by atoms with Crippen molar-refractivity contribution < 1.29 is 9.21 Å². The molecule has 3 aromatic carbocycles. The highest BCUT2D eigenvalue weighted by Gasteiger charge is 2.21. The van der Waals surface area contributed by atoms with Gasteiger partial charge in [-0.1, -0.05) is 30.3 Å². The maximum absolute atomic E-state index is 11.7. The second-order valence-corrected chi connectivity index (χ2v) is 8.29. The minimum atomic E-state index is -0.128. The summed E-state index contributed by atoms with van der Waals surface area (Å²) < 4.78 is 5.89. The van der Waals surface area contributed by atoms with Crippen LogP contribution in [0, 0.1) is 0 Å². The second kappa shape index (κ2) is 9.28. The van der Waals surface area contributed by atoms with E-state index in [0.29, 0.717) is 23.3 Å². The van der Waals surface area contributed by atoms with Gasteiger partial charge in [-0.25, -0.2) is 0 Å². The molecule has 1 aromatic heterocycles. The molecule has 0 spiro atoms. The molecule has 0 unspecified atom stereocenters. The summed E-state index contributed by atoms with van der Waals surface area (Å²) in [6.45, 7) is 2.10. The highest BCUT2D eigenvalue weighted by Crippen LogP contribution is 2.31. The highest BCUT2D eigenvalue weighted by atomic mass is 16.4. The van der Waals surface area contributed by atoms with Crippen molar-refractivity contribution in [3.8, 4) is 22.9 Å². The lowest BCUT2D eigenvalue weighted by Crippen LogP contribution is -2.32. The molecule has 1 N–H and O–H groups in total. The van der Waals surface area contributed by atoms with E-state index in [0.717, 1.165) is 37.1 Å². The number of aromatic nitrogens is 2. The Morgan fingerprint density at radius 2 is 1.42 bits per heavy atom. The standard InChI is InChI=1S/C27H26N4O2/c1-28-25(32)21-7-9-22(10-8-21)26-29-30-27(33-26)23-11-13-24(14-12-23)31-17-15-20(16-18-31)19-5-3-2-4-6-19/h2-14,20H,15-18H2,1H3,(H,28,32). The van der Waals surface area contributed by atoms with E-state index in [2.05, 4.69) is 62.9 Å². The molecule has 2 heterocycles. The van der Waals surface area contributed by atoms with Crippen molar-refractivity contribution in [2.45, 2.75) is 18.8 Å². The normalized spacial score (nSPS) is 14.3. The number of anilines is 1. The number of hydrogen-bond acceptors (Lipinski definition) is 5. The van der Waals surface area contributed by atoms with Gasteiger partial charge in [-0.15, -0.1) is 10.2 Å². The van der Waals surface area contributed by atoms with Crippen molar-refractivity contribution in [3.63, 3.8) is 0 Å². The van der Waals surface area contributed by atoms with Crippen LogP contribution in [0.25, 0.3) is 22.9 Å². The molecule has 6 nitrogen and oxygen atoms in total. The number of benzene rings is 3. The van der Waals surface area contributed by atoms with Gasteiger partial charge in [-0.05, 0) is 72.9 Å². The summed E-state index contributed by atoms with van der Waals surface area (Å²) >= 11 is 0. The molecule has 0 atom stereocenters. The van der Waals surface area contributed by atoms with Gasteiger partial charge in [0.2, 0.25) is 11.8 Å². The summed E-state index contributed by atoms with van der Waals surface area (Å²) in [4.78, 5) is 14.1. The van der Waals surface area contributed by atoms with Gasteiger partial charge in [-0.3, -0.25) is 4.79 Å². The third kappa shape index (κ3) is 4.51. The molecule has 166 valence electrons. The first-order chi connectivity index (χ1) is 16.2. The lowest BCUT2D eigenvalue weighted by Gasteiger charge is -2.34. The van der Waals surface area contributed by atoms with Gasteiger partial charge in [0, 0.05) is 42.5 Å². The molecule has 1 aliphatic rings. The van der Waals surface area contributed by atoms with Crippen LogP contribution in [0.4, 0.5) is 5.69 Å². The number of hydrogen-bond donors (Lipinski definition) is 1. The average molecular weight is 439 g/mol. The molecule has 1 fully saturated rings. The van der Waals surface area contributed by atoms with E-state index in [9.17, 15) is 4.79 Å². The smallest absolute Gasteiger partial charge is 0.251 e. The van der Waals surface area contributed by atoms with Gasteiger partial charge in [0.25, 0.3) is 5.91 Å². The predicted molar refractivity (Wildman–Crippen MR) is 129 cm³/mol. The number of amides is 1. The first-order valence-corrected chi connectivity index (χ1v) is 11.3. The summed E-state index contributed by atoms with van der Waals surface area (Å²) in [7, 11) is 1.61. The average Bonchev–Trinajstić information content (AvgIpc) is 3.39. The molecule has 1 aliphatic heterocycles. The predicted octanol–water partition coefficient (Wildman–Crippen LogP) is 5.15. The van der Waals surface area contributed by atoms with Crippen LogP contribution in [0.3, 0.4) is 0 Å². The van der Waals surface area contributed by atoms with Crippen molar-refractivity contribution in [2.24, 2.45) is 0 Å². The molecule has 0 radical (unpaired) electrons. The van der Waals surface area contributed by atoms with E-state index in [1.807, 2.05) is 24.3 Å². The van der Waals surface area contributed by atoms with E-state index in [1.165, 1.54) is 11.3 Å². The number of nitrogens with zero attached hydrogens (tertiary/aromatic N) is 3. The van der Waals surface area contributed by atoms with E-state index in [-0.39, 0.29) is 5.91 Å². The third-order valence-electron chi connectivity index (χ3n) is 6.29. The molecule has 6 heteroatoms. The fourth-order valence-electron chi connectivity index (χ4n) is 4.38. The van der Waals surface area contributed by atoms with Crippen molar-refractivity contribution in [3.05, 3.63) is 90.0 Å². The number of carbonyl (C=O) groups excluding carboxylic acids is 1. The summed E-state index contributed by atoms with van der Waals surface area (Å²) in [5, 5.41) is 11.0. The minimum absolute atomic E-state index is 0.128. The summed E-state index contributed by atoms with van der Waals surface area (Å²) in [6.07, 6.45) is 2.33. The molecule has 0 aliphatic carbocycles. The van der Waals surface area contributed by atoms with Gasteiger partial charge < -0.3 is 14.6 Å². The molecule has 0 bridgehead atoms. The van der Waals surface area contributed by atoms with Crippen LogP contribution in [0.5, 0.6) is 0 Å². The van der Waals surface area contributed by atoms with Crippen LogP contribution < -0.4 is 10.2 Å². The Labute approximate surface area is 193 Å². The Kier molecular flexibility index (Phi) is 5.89. The zero-order valence-corrected chi connectivity index (χ0v) is 18.6. The largest absolute Gasteiger partial charge is 0.416 e. The highest BCUT2D eigenvalue weighted by molar-refractivity contribution is 5.94. The molecule has 1 saturated heterocycles. The summed E-state index contributed by atoms with van der Waals surface area (Å²) in [5.74, 6) is 1.43. The van der Waals surface area contributed by atoms with Crippen molar-refractivity contribution in [2.75, 3.05) is 25.0 Å². The Morgan fingerprint density at radius 1 is 0.848 bits per heavy atom. The van der Waals surface area contributed by atoms with E-state index in [4.69, 9.17) is 4.42 Å². The van der Waals surface area contributed by atoms with Crippen LogP contribution in [0.2, 0.25) is 0 Å². The van der Waals surface area contributed by atoms with Crippen LogP contribution in [0.1, 0.15) is 34.7 Å². The first kappa shape index (κ1) is 20.9. The molecule has 33 heavy (non-hydrogen) atoms. The lowest BCUT2D eigenvalue weighted by atomic mass is 9.89. The topological polar surface area (TPSA) is 71.3 Å². The van der Waals surface area contributed by atoms with Gasteiger partial charge in [0.1, 0.15) is 0 Å². The third-order valence-corrected chi connectivity index (χ3v) is 6.29. The van der Waals surface area contributed by atoms with Crippen molar-refractivity contribution in [1.82, 2.24) is 15.5 Å². The Morgan fingerprint density at radius 3 is 2.00 bits per heavy atom. The van der Waals surface area contributed by atoms with E-state index < -0.39 is 0 Å². The van der Waals surface area contributed by atoms with Crippen LogP contribution >= 0.6 is 0 Å². The van der Waals surface area contributed by atoms with Gasteiger partial charge >= 0.3 is 0 Å². The molecule has 1 amide bonds. The lowest BCUT2D eigenvalue weighted by molar-refractivity contribution is 0.0963. The number of nitrogens with one attached hydrogen (secondary N) is 1. The van der Waals surface area contributed by atoms with Crippen molar-refractivity contribution in [1.29, 1.82) is 0 Å². The van der Waals surface area contributed by atoms with E-state index in [1.54, 1.807) is 19.2 Å². The first-order valence-electron chi connectivity index (χ1n) is 11.3. The van der Waals surface area contributed by atoms with Crippen LogP contribution in [-0.2, 0) is 0 Å². The molecular formula is C27H26N4O2. The number of rotatable bonds is 5. The minimum Gasteiger partial charge on any atom is -0.416 e. The zero-order valence-electron chi connectivity index (χ0n) is 18.6. The fourth-order valence-corrected chi connectivity index (χ4v) is 4.38. The quantitative estimate of drug-likeness (QED) is 0.467. The van der Waals surface area contributed by atoms with Gasteiger partial charge in [-0.2, -0.15) is 0 Å². The molecule has 5 rings (SSSR count). The van der Waals surface area contributed by atoms with Gasteiger partial charge in [0.05, 0.1) is 0 Å².